The van der Waals surface area contributed by atoms with Crippen molar-refractivity contribution in [3.8, 4) is 6.19 Å². The fraction of sp³-hybridized carbons (Fsp3) is 0.412. The van der Waals surface area contributed by atoms with Crippen LogP contribution in [0.3, 0.4) is 0 Å². The van der Waals surface area contributed by atoms with E-state index in [-0.39, 0.29) is 0 Å². The van der Waals surface area contributed by atoms with Crippen LogP contribution < -0.4 is 10.6 Å². The number of furan rings is 1. The molecule has 2 aromatic rings. The van der Waals surface area contributed by atoms with Crippen LogP contribution in [-0.4, -0.2) is 44.3 Å². The highest BCUT2D eigenvalue weighted by Gasteiger charge is 2.06. The third kappa shape index (κ3) is 5.48. The molecule has 2 rings (SSSR count). The fourth-order valence-electron chi connectivity index (χ4n) is 2.33. The monoisotopic (exact) mass is 345 g/mol. The molecule has 1 aromatic carbocycles. The molecule has 0 aliphatic heterocycles. The molecule has 0 radical (unpaired) electrons. The molecule has 128 valence electrons. The topological polar surface area (TPSA) is 76.6 Å². The maximum Gasteiger partial charge on any atom is 0.204 e. The highest BCUT2D eigenvalue weighted by molar-refractivity contribution is 7.98. The lowest BCUT2D eigenvalue weighted by atomic mass is 10.1. The molecule has 0 aliphatic carbocycles. The van der Waals surface area contributed by atoms with Gasteiger partial charge in [-0.1, -0.05) is 6.07 Å². The van der Waals surface area contributed by atoms with Gasteiger partial charge in [-0.3, -0.25) is 10.3 Å². The lowest BCUT2D eigenvalue weighted by Crippen LogP contribution is -2.35. The van der Waals surface area contributed by atoms with E-state index in [1.165, 1.54) is 5.56 Å². The molecule has 0 bridgehead atoms. The van der Waals surface area contributed by atoms with Gasteiger partial charge in [-0.05, 0) is 37.9 Å². The molecule has 0 unspecified atom stereocenters. The number of guanidine groups is 1. The second kappa shape index (κ2) is 9.21. The zero-order valence-electron chi connectivity index (χ0n) is 14.3. The van der Waals surface area contributed by atoms with E-state index in [2.05, 4.69) is 52.8 Å². The van der Waals surface area contributed by atoms with Gasteiger partial charge in [0.2, 0.25) is 5.96 Å². The van der Waals surface area contributed by atoms with Gasteiger partial charge in [-0.25, -0.2) is 0 Å². The minimum atomic E-state index is 0.496. The molecule has 24 heavy (non-hydrogen) atoms. The van der Waals surface area contributed by atoms with Gasteiger partial charge in [0.15, 0.2) is 6.19 Å². The number of thioether (sulfide) groups is 1. The Kier molecular flexibility index (Phi) is 6.97. The Morgan fingerprint density at radius 2 is 2.21 bits per heavy atom. The van der Waals surface area contributed by atoms with Gasteiger partial charge in [0, 0.05) is 31.3 Å². The quantitative estimate of drug-likeness (QED) is 0.264. The highest BCUT2D eigenvalue weighted by Crippen LogP contribution is 2.24. The van der Waals surface area contributed by atoms with Gasteiger partial charge in [0.1, 0.15) is 11.3 Å². The van der Waals surface area contributed by atoms with Crippen molar-refractivity contribution in [2.75, 3.05) is 33.4 Å². The van der Waals surface area contributed by atoms with Crippen molar-refractivity contribution in [2.24, 2.45) is 4.99 Å². The molecule has 0 spiro atoms. The van der Waals surface area contributed by atoms with Crippen molar-refractivity contribution in [3.63, 3.8) is 0 Å². The van der Waals surface area contributed by atoms with Crippen LogP contribution in [0.1, 0.15) is 11.3 Å². The Hall–Kier alpha value is -2.17. The minimum absolute atomic E-state index is 0.496. The number of nitrogens with zero attached hydrogens (tertiary/aromatic N) is 3. The third-order valence-electron chi connectivity index (χ3n) is 3.31. The van der Waals surface area contributed by atoms with Gasteiger partial charge in [0.25, 0.3) is 0 Å². The van der Waals surface area contributed by atoms with Crippen molar-refractivity contribution in [1.82, 2.24) is 15.5 Å². The van der Waals surface area contributed by atoms with Gasteiger partial charge in [0.05, 0.1) is 5.75 Å². The van der Waals surface area contributed by atoms with Gasteiger partial charge >= 0.3 is 0 Å². The summed E-state index contributed by atoms with van der Waals surface area (Å²) in [4.78, 5) is 6.08. The third-order valence-corrected chi connectivity index (χ3v) is 4.29. The second-order valence-electron chi connectivity index (χ2n) is 5.61. The van der Waals surface area contributed by atoms with E-state index in [1.807, 2.05) is 12.3 Å². The average Bonchev–Trinajstić information content (AvgIpc) is 2.95. The molecule has 2 N–H and O–H groups in total. The minimum Gasteiger partial charge on any atom is -0.460 e. The number of benzene rings is 1. The Bertz CT molecular complexity index is 732. The summed E-state index contributed by atoms with van der Waals surface area (Å²) < 4.78 is 5.88. The summed E-state index contributed by atoms with van der Waals surface area (Å²) in [5.74, 6) is 3.20. The van der Waals surface area contributed by atoms with E-state index in [4.69, 9.17) is 9.68 Å². The van der Waals surface area contributed by atoms with E-state index >= 15 is 0 Å². The summed E-state index contributed by atoms with van der Waals surface area (Å²) in [5.41, 5.74) is 2.22. The van der Waals surface area contributed by atoms with Crippen LogP contribution in [0.25, 0.3) is 11.0 Å². The highest BCUT2D eigenvalue weighted by atomic mass is 32.2. The Balaban J connectivity index is 1.82. The second-order valence-corrected chi connectivity index (χ2v) is 6.72. The largest absolute Gasteiger partial charge is 0.460 e. The molecule has 0 atom stereocenters. The molecular weight excluding hydrogens is 322 g/mol. The van der Waals surface area contributed by atoms with Crippen LogP contribution in [0.2, 0.25) is 0 Å². The van der Waals surface area contributed by atoms with E-state index in [0.29, 0.717) is 5.96 Å². The van der Waals surface area contributed by atoms with Gasteiger partial charge < -0.3 is 14.6 Å². The molecule has 0 fully saturated rings. The lowest BCUT2D eigenvalue weighted by molar-refractivity contribution is 0.402. The maximum absolute atomic E-state index is 8.55. The number of nitriles is 1. The van der Waals surface area contributed by atoms with Crippen LogP contribution in [0.15, 0.2) is 33.7 Å². The van der Waals surface area contributed by atoms with Crippen LogP contribution in [0.5, 0.6) is 0 Å². The summed E-state index contributed by atoms with van der Waals surface area (Å²) in [6.07, 6.45) is 1.85. The first kappa shape index (κ1) is 18.2. The fourth-order valence-corrected chi connectivity index (χ4v) is 3.06. The van der Waals surface area contributed by atoms with Crippen molar-refractivity contribution in [1.29, 1.82) is 5.26 Å². The first-order valence-electron chi connectivity index (χ1n) is 7.72. The Morgan fingerprint density at radius 3 is 2.92 bits per heavy atom. The molecule has 0 amide bonds. The normalized spacial score (nSPS) is 11.7. The first-order chi connectivity index (χ1) is 11.6. The molecule has 7 heteroatoms. The molecular formula is C17H23N5OS. The molecule has 0 saturated heterocycles. The Labute approximate surface area is 146 Å². The predicted octanol–water partition coefficient (Wildman–Crippen LogP) is 2.37. The molecule has 6 nitrogen and oxygen atoms in total. The molecule has 1 aromatic heterocycles. The van der Waals surface area contributed by atoms with Crippen molar-refractivity contribution in [3.05, 3.63) is 35.6 Å². The summed E-state index contributed by atoms with van der Waals surface area (Å²) in [6, 6.07) is 8.46. The first-order valence-corrected chi connectivity index (χ1v) is 8.87. The predicted molar refractivity (Wildman–Crippen MR) is 99.9 cm³/mol. The molecule has 1 heterocycles. The van der Waals surface area contributed by atoms with Crippen molar-refractivity contribution >= 4 is 28.7 Å². The summed E-state index contributed by atoms with van der Waals surface area (Å²) in [5, 5.41) is 15.3. The summed E-state index contributed by atoms with van der Waals surface area (Å²) in [7, 11) is 5.77. The van der Waals surface area contributed by atoms with Crippen molar-refractivity contribution < 1.29 is 4.42 Å². The van der Waals surface area contributed by atoms with Gasteiger partial charge in [-0.2, -0.15) is 17.0 Å². The number of nitrogens with one attached hydrogen (secondary N) is 2. The maximum atomic E-state index is 8.55. The van der Waals surface area contributed by atoms with Crippen molar-refractivity contribution in [2.45, 2.75) is 12.3 Å². The number of hydrogen-bond donors (Lipinski definition) is 2. The van der Waals surface area contributed by atoms with Gasteiger partial charge in [-0.15, -0.1) is 0 Å². The summed E-state index contributed by atoms with van der Waals surface area (Å²) in [6.45, 7) is 1.66. The zero-order chi connectivity index (χ0) is 17.4. The average molecular weight is 345 g/mol. The van der Waals surface area contributed by atoms with Crippen LogP contribution in [0, 0.1) is 11.5 Å². The van der Waals surface area contributed by atoms with E-state index < -0.39 is 0 Å². The summed E-state index contributed by atoms with van der Waals surface area (Å²) >= 11 is 1.78. The number of aliphatic imine (C=N–C) groups is 1. The number of hydrogen-bond acceptors (Lipinski definition) is 5. The number of fused-ring (bicyclic) bond motifs is 1. The van der Waals surface area contributed by atoms with E-state index in [0.717, 1.165) is 41.3 Å². The van der Waals surface area contributed by atoms with Crippen LogP contribution in [0.4, 0.5) is 0 Å². The van der Waals surface area contributed by atoms with Crippen LogP contribution in [-0.2, 0) is 12.3 Å². The van der Waals surface area contributed by atoms with Crippen LogP contribution >= 0.6 is 11.8 Å². The molecule has 0 saturated carbocycles. The molecule has 0 aliphatic rings. The Morgan fingerprint density at radius 1 is 1.38 bits per heavy atom. The smallest absolute Gasteiger partial charge is 0.204 e. The zero-order valence-corrected chi connectivity index (χ0v) is 15.1. The number of rotatable bonds is 7. The SMILES string of the molecule is CN=C(NC#N)NCCSCc1cc2cc(CN(C)C)ccc2o1. The standard InChI is InChI=1S/C17H23N5OS/c1-19-17(21-12-18)20-6-7-24-11-15-9-14-8-13(10-22(2)3)4-5-16(14)23-15/h4-5,8-9H,6-7,10-11H2,1-3H3,(H2,19,20,21). The lowest BCUT2D eigenvalue weighted by Gasteiger charge is -2.08. The van der Waals surface area contributed by atoms with E-state index in [9.17, 15) is 0 Å². The van der Waals surface area contributed by atoms with E-state index in [1.54, 1.807) is 18.8 Å².